The van der Waals surface area contributed by atoms with Crippen LogP contribution in [0.25, 0.3) is 0 Å². The smallest absolute Gasteiger partial charge is 0.198 e. The van der Waals surface area contributed by atoms with E-state index in [2.05, 4.69) is 0 Å². The first kappa shape index (κ1) is 8.63. The SMILES string of the molecule is CC(C[C]=O)CCC[NH]. The predicted molar refractivity (Wildman–Crippen MR) is 36.7 cm³/mol. The molecule has 0 saturated heterocycles. The quantitative estimate of drug-likeness (QED) is 0.546. The van der Waals surface area contributed by atoms with Crippen LogP contribution in [0.3, 0.4) is 0 Å². The lowest BCUT2D eigenvalue weighted by Gasteiger charge is -2.03. The Labute approximate surface area is 56.4 Å². The minimum Gasteiger partial charge on any atom is -0.291 e. The van der Waals surface area contributed by atoms with Crippen LogP contribution in [-0.4, -0.2) is 12.8 Å². The van der Waals surface area contributed by atoms with E-state index in [4.69, 9.17) is 5.73 Å². The summed E-state index contributed by atoms with van der Waals surface area (Å²) in [6.45, 7) is 2.49. The molecule has 52 valence electrons. The highest BCUT2D eigenvalue weighted by molar-refractivity contribution is 5.50. The number of hydrogen-bond donors (Lipinski definition) is 0. The Kier molecular flexibility index (Phi) is 5.52. The lowest BCUT2D eigenvalue weighted by atomic mass is 10.0. The van der Waals surface area contributed by atoms with E-state index in [-0.39, 0.29) is 0 Å². The Morgan fingerprint density at radius 3 is 2.78 bits per heavy atom. The van der Waals surface area contributed by atoms with Crippen molar-refractivity contribution in [2.24, 2.45) is 5.92 Å². The van der Waals surface area contributed by atoms with Gasteiger partial charge in [-0.2, -0.15) is 0 Å². The van der Waals surface area contributed by atoms with Crippen LogP contribution in [0.2, 0.25) is 0 Å². The van der Waals surface area contributed by atoms with Crippen LogP contribution in [-0.2, 0) is 4.79 Å². The van der Waals surface area contributed by atoms with Crippen LogP contribution in [0, 0.1) is 5.92 Å². The van der Waals surface area contributed by atoms with E-state index in [0.717, 1.165) is 12.8 Å². The molecule has 0 aromatic heterocycles. The molecule has 0 amide bonds. The summed E-state index contributed by atoms with van der Waals surface area (Å²) in [6, 6.07) is 0. The molecule has 2 radical (unpaired) electrons. The average Bonchev–Trinajstić information content (AvgIpc) is 1.85. The van der Waals surface area contributed by atoms with Crippen LogP contribution in [0.1, 0.15) is 26.2 Å². The highest BCUT2D eigenvalue weighted by Crippen LogP contribution is 2.06. The Bertz CT molecular complexity index is 73.3. The van der Waals surface area contributed by atoms with Crippen molar-refractivity contribution < 1.29 is 4.79 Å². The summed E-state index contributed by atoms with van der Waals surface area (Å²) in [6.07, 6.45) is 4.28. The van der Waals surface area contributed by atoms with E-state index in [9.17, 15) is 4.79 Å². The van der Waals surface area contributed by atoms with Crippen molar-refractivity contribution in [1.82, 2.24) is 5.73 Å². The third kappa shape index (κ3) is 5.50. The summed E-state index contributed by atoms with van der Waals surface area (Å²) in [5.74, 6) is 0.424. The van der Waals surface area contributed by atoms with Gasteiger partial charge >= 0.3 is 0 Å². The van der Waals surface area contributed by atoms with Crippen molar-refractivity contribution in [1.29, 1.82) is 0 Å². The minimum atomic E-state index is 0.424. The molecular formula is C7H13NO. The second kappa shape index (κ2) is 5.76. The van der Waals surface area contributed by atoms with Crippen molar-refractivity contribution >= 4 is 6.29 Å². The van der Waals surface area contributed by atoms with Crippen LogP contribution < -0.4 is 5.73 Å². The highest BCUT2D eigenvalue weighted by atomic mass is 16.1. The van der Waals surface area contributed by atoms with Gasteiger partial charge < -0.3 is 0 Å². The zero-order valence-corrected chi connectivity index (χ0v) is 5.81. The van der Waals surface area contributed by atoms with Gasteiger partial charge in [-0.05, 0) is 18.8 Å². The van der Waals surface area contributed by atoms with Crippen LogP contribution >= 0.6 is 0 Å². The van der Waals surface area contributed by atoms with Crippen LogP contribution in [0.15, 0.2) is 0 Å². The number of hydrogen-bond acceptors (Lipinski definition) is 1. The number of nitrogens with one attached hydrogen (secondary N) is 1. The van der Waals surface area contributed by atoms with Gasteiger partial charge in [0.05, 0.1) is 0 Å². The summed E-state index contributed by atoms with van der Waals surface area (Å²) in [5, 5.41) is 0. The van der Waals surface area contributed by atoms with Gasteiger partial charge in [0.1, 0.15) is 0 Å². The van der Waals surface area contributed by atoms with Crippen molar-refractivity contribution in [2.75, 3.05) is 6.54 Å². The summed E-state index contributed by atoms with van der Waals surface area (Å²) in [5.41, 5.74) is 6.83. The fourth-order valence-electron chi connectivity index (χ4n) is 0.695. The van der Waals surface area contributed by atoms with E-state index in [1.165, 1.54) is 0 Å². The fourth-order valence-corrected chi connectivity index (χ4v) is 0.695. The molecule has 1 atom stereocenters. The maximum atomic E-state index is 9.81. The summed E-state index contributed by atoms with van der Waals surface area (Å²) < 4.78 is 0. The van der Waals surface area contributed by atoms with Crippen LogP contribution in [0.5, 0.6) is 0 Å². The normalized spacial score (nSPS) is 13.1. The third-order valence-corrected chi connectivity index (χ3v) is 1.31. The molecule has 9 heavy (non-hydrogen) atoms. The van der Waals surface area contributed by atoms with Gasteiger partial charge in [-0.3, -0.25) is 10.5 Å². The maximum Gasteiger partial charge on any atom is 0.198 e. The van der Waals surface area contributed by atoms with E-state index in [1.807, 2.05) is 13.2 Å². The highest BCUT2D eigenvalue weighted by Gasteiger charge is 1.98. The van der Waals surface area contributed by atoms with E-state index in [0.29, 0.717) is 18.9 Å². The molecule has 2 heteroatoms. The third-order valence-electron chi connectivity index (χ3n) is 1.31. The molecule has 0 aromatic carbocycles. The molecule has 2 nitrogen and oxygen atoms in total. The monoisotopic (exact) mass is 127 g/mol. The average molecular weight is 127 g/mol. The van der Waals surface area contributed by atoms with Gasteiger partial charge in [-0.1, -0.05) is 6.92 Å². The molecule has 0 spiro atoms. The zero-order chi connectivity index (χ0) is 7.11. The Morgan fingerprint density at radius 1 is 1.67 bits per heavy atom. The molecule has 1 N–H and O–H groups in total. The molecule has 0 rings (SSSR count). The molecule has 0 saturated carbocycles. The van der Waals surface area contributed by atoms with Crippen molar-refractivity contribution in [2.45, 2.75) is 26.2 Å². The van der Waals surface area contributed by atoms with Crippen molar-refractivity contribution in [3.63, 3.8) is 0 Å². The van der Waals surface area contributed by atoms with Gasteiger partial charge in [0, 0.05) is 13.0 Å². The largest absolute Gasteiger partial charge is 0.291 e. The summed E-state index contributed by atoms with van der Waals surface area (Å²) in [4.78, 5) is 9.81. The molecular weight excluding hydrogens is 114 g/mol. The topological polar surface area (TPSA) is 40.9 Å². The Hall–Kier alpha value is -0.370. The van der Waals surface area contributed by atoms with Gasteiger partial charge in [0.25, 0.3) is 0 Å². The molecule has 0 bridgehead atoms. The van der Waals surface area contributed by atoms with E-state index >= 15 is 0 Å². The molecule has 0 aromatic rings. The number of carbonyl (C=O) groups excluding carboxylic acids is 1. The second-order valence-corrected chi connectivity index (χ2v) is 2.35. The van der Waals surface area contributed by atoms with Gasteiger partial charge in [-0.15, -0.1) is 0 Å². The van der Waals surface area contributed by atoms with Crippen molar-refractivity contribution in [3.05, 3.63) is 0 Å². The lowest BCUT2D eigenvalue weighted by Crippen LogP contribution is -1.97. The molecule has 0 aliphatic rings. The van der Waals surface area contributed by atoms with Crippen molar-refractivity contribution in [3.8, 4) is 0 Å². The van der Waals surface area contributed by atoms with Gasteiger partial charge in [-0.25, -0.2) is 0 Å². The van der Waals surface area contributed by atoms with E-state index in [1.54, 1.807) is 0 Å². The standard InChI is InChI=1S/C7H13NO/c1-7(4-6-9)3-2-5-8/h7-8H,2-5H2,1H3. The molecule has 1 unspecified atom stereocenters. The molecule has 0 aliphatic carbocycles. The lowest BCUT2D eigenvalue weighted by molar-refractivity contribution is 0.494. The second-order valence-electron chi connectivity index (χ2n) is 2.35. The van der Waals surface area contributed by atoms with Crippen LogP contribution in [0.4, 0.5) is 0 Å². The summed E-state index contributed by atoms with van der Waals surface area (Å²) in [7, 11) is 0. The predicted octanol–water partition coefficient (Wildman–Crippen LogP) is 1.19. The first-order valence-corrected chi connectivity index (χ1v) is 3.31. The van der Waals surface area contributed by atoms with Gasteiger partial charge in [0.15, 0.2) is 6.29 Å². The maximum absolute atomic E-state index is 9.81. The first-order valence-electron chi connectivity index (χ1n) is 3.31. The molecule has 0 fully saturated rings. The Balaban J connectivity index is 3.04. The molecule has 0 aliphatic heterocycles. The first-order chi connectivity index (χ1) is 4.31. The van der Waals surface area contributed by atoms with E-state index < -0.39 is 0 Å². The zero-order valence-electron chi connectivity index (χ0n) is 5.81. The Morgan fingerprint density at radius 2 is 2.33 bits per heavy atom. The number of rotatable bonds is 5. The fraction of sp³-hybridized carbons (Fsp3) is 0.857. The summed E-state index contributed by atoms with van der Waals surface area (Å²) >= 11 is 0. The molecule has 0 heterocycles. The van der Waals surface area contributed by atoms with Gasteiger partial charge in [0.2, 0.25) is 0 Å². The minimum absolute atomic E-state index is 0.424.